The van der Waals surface area contributed by atoms with Crippen LogP contribution in [0.1, 0.15) is 82.6 Å². The molecule has 0 amide bonds. The van der Waals surface area contributed by atoms with Gasteiger partial charge in [0.05, 0.1) is 12.2 Å². The second kappa shape index (κ2) is 18.4. The van der Waals surface area contributed by atoms with Gasteiger partial charge in [0.2, 0.25) is 0 Å². The van der Waals surface area contributed by atoms with Gasteiger partial charge in [0.25, 0.3) is 0 Å². The monoisotopic (exact) mass is 856 g/mol. The van der Waals surface area contributed by atoms with Gasteiger partial charge in [0, 0.05) is 12.0 Å². The van der Waals surface area contributed by atoms with Crippen LogP contribution in [0, 0.1) is 23.7 Å². The first-order valence-corrected chi connectivity index (χ1v) is 27.5. The van der Waals surface area contributed by atoms with Crippen molar-refractivity contribution in [2.45, 2.75) is 125 Å². The Labute approximate surface area is 333 Å². The summed E-state index contributed by atoms with van der Waals surface area (Å²) in [6, 6.07) is 33.6. The average molecular weight is 857 g/mol. The van der Waals surface area contributed by atoms with Gasteiger partial charge in [-0.15, -0.1) is 6.58 Å². The van der Waals surface area contributed by atoms with Gasteiger partial charge in [-0.25, -0.2) is 0 Å². The molecule has 0 saturated carbocycles. The van der Waals surface area contributed by atoms with Crippen LogP contribution in [0.3, 0.4) is 0 Å². The van der Waals surface area contributed by atoms with E-state index in [-0.39, 0.29) is 29.3 Å². The first-order valence-electron chi connectivity index (χ1n) is 19.4. The zero-order valence-corrected chi connectivity index (χ0v) is 38.7. The van der Waals surface area contributed by atoms with Gasteiger partial charge in [-0.05, 0) is 51.2 Å². The predicted molar refractivity (Wildman–Crippen MR) is 242 cm³/mol. The maximum absolute atomic E-state index is 6.53. The summed E-state index contributed by atoms with van der Waals surface area (Å²) < 4.78 is 16.1. The van der Waals surface area contributed by atoms with E-state index in [1.165, 1.54) is 22.1 Å². The Balaban J connectivity index is 0.000000280. The van der Waals surface area contributed by atoms with Gasteiger partial charge in [-0.2, -0.15) is 0 Å². The molecule has 288 valence electrons. The molecule has 3 aromatic carbocycles. The summed E-state index contributed by atoms with van der Waals surface area (Å²) in [6.07, 6.45) is 8.79. The molecule has 1 fully saturated rings. The molecule has 1 heterocycles. The number of hydrogen-bond acceptors (Lipinski definition) is 3. The van der Waals surface area contributed by atoms with E-state index in [1.54, 1.807) is 0 Å². The minimum absolute atomic E-state index is 0.0584. The molecule has 0 bridgehead atoms. The molecule has 1 saturated heterocycles. The Morgan fingerprint density at radius 1 is 0.788 bits per heavy atom. The van der Waals surface area contributed by atoms with Crippen LogP contribution < -0.4 is 15.9 Å². The molecule has 4 rings (SSSR count). The van der Waals surface area contributed by atoms with Crippen molar-refractivity contribution < 1.29 is 13.9 Å². The van der Waals surface area contributed by atoms with E-state index in [9.17, 15) is 0 Å². The van der Waals surface area contributed by atoms with Gasteiger partial charge in [-0.3, -0.25) is 0 Å². The summed E-state index contributed by atoms with van der Waals surface area (Å²) in [7, 11) is -1.74. The molecule has 0 spiro atoms. The summed E-state index contributed by atoms with van der Waals surface area (Å²) in [5.74, 6) is 1.40. The molecular formula is C46H70IO3PSi. The predicted octanol–water partition coefficient (Wildman–Crippen LogP) is 12.5. The third-order valence-electron chi connectivity index (χ3n) is 11.5. The molecule has 0 radical (unpaired) electrons. The molecule has 1 aliphatic heterocycles. The van der Waals surface area contributed by atoms with E-state index < -0.39 is 18.4 Å². The molecule has 3 nitrogen and oxygen atoms in total. The second-order valence-electron chi connectivity index (χ2n) is 17.4. The van der Waals surface area contributed by atoms with E-state index >= 15 is 0 Å². The van der Waals surface area contributed by atoms with Gasteiger partial charge in [0.1, 0.15) is 0 Å². The Bertz CT molecular complexity index is 1450. The Kier molecular flexibility index (Phi) is 15.8. The molecule has 6 atom stereocenters. The third kappa shape index (κ3) is 10.8. The number of hydrogen-bond donors (Lipinski definition) is 0. The van der Waals surface area contributed by atoms with Crippen molar-refractivity contribution in [2.75, 3.05) is 6.16 Å². The fourth-order valence-electron chi connectivity index (χ4n) is 6.75. The van der Waals surface area contributed by atoms with Crippen molar-refractivity contribution in [1.29, 1.82) is 0 Å². The zero-order chi connectivity index (χ0) is 39.0. The standard InChI is InChI=1S/C24H28IP.C22H42O3Si/c1-20(2)21(3)19-26(25,22-13-7-4-8-14-22,23-15-9-5-10-16-23)24-17-11-6-12-18-24;1-12-13-19-20(24-22(8,9)23-19)17(3)15-14-16(2)18(4)25-26(10,11)21(5,6)7/h4-18,20-21H,19H2,1-3H3;12,14-20H,1,13H2,2-11H3/b;15-14-/t21-;16-,17-,18+,19+,20-/m11/s1. The van der Waals surface area contributed by atoms with E-state index in [1.807, 2.05) is 19.9 Å². The molecule has 6 heteroatoms. The Morgan fingerprint density at radius 2 is 1.23 bits per heavy atom. The molecule has 3 aromatic rings. The van der Waals surface area contributed by atoms with Crippen LogP contribution in [0.25, 0.3) is 0 Å². The van der Waals surface area contributed by atoms with Crippen molar-refractivity contribution in [3.05, 3.63) is 116 Å². The van der Waals surface area contributed by atoms with E-state index in [0.717, 1.165) is 6.42 Å². The van der Waals surface area contributed by atoms with Crippen molar-refractivity contribution in [2.24, 2.45) is 23.7 Å². The van der Waals surface area contributed by atoms with Crippen molar-refractivity contribution in [1.82, 2.24) is 0 Å². The molecule has 1 aliphatic rings. The van der Waals surface area contributed by atoms with Crippen LogP contribution >= 0.6 is 26.3 Å². The molecule has 0 N–H and O–H groups in total. The number of halogens is 1. The van der Waals surface area contributed by atoms with Crippen LogP contribution in [0.15, 0.2) is 116 Å². The normalized spacial score (nSPS) is 21.0. The third-order valence-corrected chi connectivity index (χ3v) is 27.7. The van der Waals surface area contributed by atoms with Crippen LogP contribution in [0.2, 0.25) is 18.1 Å². The van der Waals surface area contributed by atoms with Crippen LogP contribution in [-0.2, 0) is 13.9 Å². The van der Waals surface area contributed by atoms with E-state index in [0.29, 0.717) is 17.8 Å². The number of ether oxygens (including phenoxy) is 2. The molecule has 0 unspecified atom stereocenters. The quantitative estimate of drug-likeness (QED) is 0.0700. The van der Waals surface area contributed by atoms with Crippen molar-refractivity contribution in [3.63, 3.8) is 0 Å². The summed E-state index contributed by atoms with van der Waals surface area (Å²) in [4.78, 5) is 0. The van der Waals surface area contributed by atoms with E-state index in [4.69, 9.17) is 13.9 Å². The SMILES string of the molecule is C=CC[C@@H]1OC(C)(C)O[C@@H]1[C@H](C)/C=C\[C@@H](C)[C@H](C)O[Si](C)(C)C(C)(C)C.CC(C)[C@H](C)CP(I)(c1ccccc1)(c1ccccc1)c1ccccc1. The van der Waals surface area contributed by atoms with Crippen molar-refractivity contribution in [3.8, 4) is 0 Å². The number of benzene rings is 3. The molecule has 0 aliphatic carbocycles. The summed E-state index contributed by atoms with van der Waals surface area (Å²) in [6.45, 7) is 33.0. The summed E-state index contributed by atoms with van der Waals surface area (Å²) in [5, 5.41) is 4.66. The maximum atomic E-state index is 6.53. The van der Waals surface area contributed by atoms with Gasteiger partial charge >= 0.3 is 172 Å². The molecule has 0 aromatic heterocycles. The van der Waals surface area contributed by atoms with Crippen LogP contribution in [-0.4, -0.2) is 38.6 Å². The Morgan fingerprint density at radius 3 is 1.62 bits per heavy atom. The first kappa shape index (κ1) is 44.8. The average Bonchev–Trinajstić information content (AvgIpc) is 3.41. The summed E-state index contributed by atoms with van der Waals surface area (Å²) in [5.41, 5.74) is 0. The van der Waals surface area contributed by atoms with Gasteiger partial charge in [0.15, 0.2) is 14.1 Å². The van der Waals surface area contributed by atoms with Crippen LogP contribution in [0.5, 0.6) is 0 Å². The first-order chi connectivity index (χ1) is 24.2. The molecule has 52 heavy (non-hydrogen) atoms. The summed E-state index contributed by atoms with van der Waals surface area (Å²) >= 11 is 2.88. The number of rotatable bonds is 14. The topological polar surface area (TPSA) is 27.7 Å². The second-order valence-corrected chi connectivity index (χ2v) is 32.9. The van der Waals surface area contributed by atoms with E-state index in [2.05, 4.69) is 207 Å². The van der Waals surface area contributed by atoms with Gasteiger partial charge in [-0.1, -0.05) is 52.8 Å². The minimum atomic E-state index is -2.59. The zero-order valence-electron chi connectivity index (χ0n) is 34.6. The fourth-order valence-corrected chi connectivity index (χ4v) is 18.4. The van der Waals surface area contributed by atoms with Crippen LogP contribution in [0.4, 0.5) is 0 Å². The van der Waals surface area contributed by atoms with Gasteiger partial charge < -0.3 is 13.9 Å². The van der Waals surface area contributed by atoms with Crippen molar-refractivity contribution >= 4 is 50.5 Å². The molecular weight excluding hydrogens is 786 g/mol. The Hall–Kier alpha value is -1.60. The fraction of sp³-hybridized carbons (Fsp3) is 0.522.